The lowest BCUT2D eigenvalue weighted by atomic mass is 10.1. The predicted molar refractivity (Wildman–Crippen MR) is 80.5 cm³/mol. The summed E-state index contributed by atoms with van der Waals surface area (Å²) in [5.74, 6) is -1.68. The van der Waals surface area contributed by atoms with Crippen molar-refractivity contribution < 1.29 is 19.4 Å². The van der Waals surface area contributed by atoms with Crippen LogP contribution in [0.2, 0.25) is 0 Å². The second-order valence-corrected chi connectivity index (χ2v) is 5.46. The standard InChI is InChI=1S/C14H17IO4/c1-3-5-10(4-2)19-14(18)11-7-6-9(15)8-12(11)13(16)17/h6-8,10H,3-5H2,1-2H3,(H,16,17). The largest absolute Gasteiger partial charge is 0.478 e. The summed E-state index contributed by atoms with van der Waals surface area (Å²) in [5.41, 5.74) is 0.103. The fourth-order valence-corrected chi connectivity index (χ4v) is 2.25. The molecule has 4 nitrogen and oxygen atoms in total. The highest BCUT2D eigenvalue weighted by atomic mass is 127. The van der Waals surface area contributed by atoms with Crippen LogP contribution in [-0.4, -0.2) is 23.1 Å². The van der Waals surface area contributed by atoms with Crippen LogP contribution in [0.5, 0.6) is 0 Å². The quantitative estimate of drug-likeness (QED) is 0.607. The van der Waals surface area contributed by atoms with E-state index in [1.165, 1.54) is 12.1 Å². The number of esters is 1. The van der Waals surface area contributed by atoms with Gasteiger partial charge in [0.25, 0.3) is 0 Å². The molecule has 1 aromatic rings. The zero-order valence-corrected chi connectivity index (χ0v) is 13.1. The second-order valence-electron chi connectivity index (χ2n) is 4.22. The normalized spacial score (nSPS) is 11.9. The molecule has 0 aromatic heterocycles. The number of hydrogen-bond acceptors (Lipinski definition) is 3. The molecule has 0 bridgehead atoms. The first-order chi connectivity index (χ1) is 8.99. The Kier molecular flexibility index (Phi) is 6.27. The zero-order chi connectivity index (χ0) is 14.4. The first-order valence-corrected chi connectivity index (χ1v) is 7.31. The van der Waals surface area contributed by atoms with Gasteiger partial charge in [0, 0.05) is 3.57 Å². The molecule has 1 N–H and O–H groups in total. The molecule has 104 valence electrons. The van der Waals surface area contributed by atoms with Gasteiger partial charge >= 0.3 is 11.9 Å². The smallest absolute Gasteiger partial charge is 0.339 e. The van der Waals surface area contributed by atoms with E-state index in [1.807, 2.05) is 36.4 Å². The van der Waals surface area contributed by atoms with E-state index >= 15 is 0 Å². The van der Waals surface area contributed by atoms with Gasteiger partial charge in [-0.25, -0.2) is 9.59 Å². The molecule has 19 heavy (non-hydrogen) atoms. The third kappa shape index (κ3) is 4.49. The van der Waals surface area contributed by atoms with Crippen molar-refractivity contribution in [3.63, 3.8) is 0 Å². The number of halogens is 1. The summed E-state index contributed by atoms with van der Waals surface area (Å²) >= 11 is 2.01. The molecule has 1 atom stereocenters. The third-order valence-corrected chi connectivity index (χ3v) is 3.44. The molecule has 0 heterocycles. The Bertz CT molecular complexity index is 471. The highest BCUT2D eigenvalue weighted by molar-refractivity contribution is 14.1. The average molecular weight is 376 g/mol. The molecule has 5 heteroatoms. The molecule has 1 rings (SSSR count). The van der Waals surface area contributed by atoms with Crippen LogP contribution in [-0.2, 0) is 4.74 Å². The van der Waals surface area contributed by atoms with Crippen LogP contribution in [0, 0.1) is 3.57 Å². The molecule has 0 saturated carbocycles. The van der Waals surface area contributed by atoms with Gasteiger partial charge in [-0.2, -0.15) is 0 Å². The van der Waals surface area contributed by atoms with Crippen molar-refractivity contribution in [3.05, 3.63) is 32.9 Å². The van der Waals surface area contributed by atoms with Gasteiger partial charge in [-0.1, -0.05) is 20.3 Å². The number of rotatable bonds is 6. The Labute approximate surface area is 126 Å². The average Bonchev–Trinajstić information content (AvgIpc) is 2.37. The molecule has 0 radical (unpaired) electrons. The maximum absolute atomic E-state index is 12.0. The predicted octanol–water partition coefficient (Wildman–Crippen LogP) is 3.72. The number of aromatic carboxylic acids is 1. The van der Waals surface area contributed by atoms with Crippen molar-refractivity contribution >= 4 is 34.5 Å². The van der Waals surface area contributed by atoms with Gasteiger partial charge in [0.15, 0.2) is 0 Å². The minimum absolute atomic E-state index is 0.0109. The second kappa shape index (κ2) is 7.47. The lowest BCUT2D eigenvalue weighted by molar-refractivity contribution is 0.0266. The summed E-state index contributed by atoms with van der Waals surface area (Å²) in [5, 5.41) is 9.12. The van der Waals surface area contributed by atoms with Crippen LogP contribution < -0.4 is 0 Å². The lowest BCUT2D eigenvalue weighted by Gasteiger charge is -2.16. The van der Waals surface area contributed by atoms with Crippen LogP contribution >= 0.6 is 22.6 Å². The first kappa shape index (κ1) is 15.9. The Hall–Kier alpha value is -1.11. The van der Waals surface area contributed by atoms with Gasteiger partial charge in [-0.15, -0.1) is 0 Å². The minimum Gasteiger partial charge on any atom is -0.478 e. The molecule has 0 fully saturated rings. The van der Waals surface area contributed by atoms with E-state index in [2.05, 4.69) is 0 Å². The topological polar surface area (TPSA) is 63.6 Å². The van der Waals surface area contributed by atoms with Crippen molar-refractivity contribution in [2.75, 3.05) is 0 Å². The number of carboxylic acid groups (broad SMARTS) is 1. The number of benzene rings is 1. The Balaban J connectivity index is 2.96. The molecule has 0 amide bonds. The summed E-state index contributed by atoms with van der Waals surface area (Å²) in [6.45, 7) is 3.96. The molecular weight excluding hydrogens is 359 g/mol. The summed E-state index contributed by atoms with van der Waals surface area (Å²) in [4.78, 5) is 23.2. The molecule has 0 aliphatic heterocycles. The number of ether oxygens (including phenoxy) is 1. The SMILES string of the molecule is CCCC(CC)OC(=O)c1ccc(I)cc1C(=O)O. The molecular formula is C14H17IO4. The van der Waals surface area contributed by atoms with Gasteiger partial charge in [0.1, 0.15) is 6.10 Å². The highest BCUT2D eigenvalue weighted by Crippen LogP contribution is 2.17. The van der Waals surface area contributed by atoms with Crippen molar-refractivity contribution in [2.24, 2.45) is 0 Å². The van der Waals surface area contributed by atoms with E-state index in [-0.39, 0.29) is 17.2 Å². The van der Waals surface area contributed by atoms with E-state index < -0.39 is 11.9 Å². The van der Waals surface area contributed by atoms with Crippen LogP contribution in [0.25, 0.3) is 0 Å². The van der Waals surface area contributed by atoms with Gasteiger partial charge < -0.3 is 9.84 Å². The summed E-state index contributed by atoms with van der Waals surface area (Å²) < 4.78 is 6.12. The molecule has 0 spiro atoms. The number of carbonyl (C=O) groups excluding carboxylic acids is 1. The Morgan fingerprint density at radius 3 is 2.53 bits per heavy atom. The number of carbonyl (C=O) groups is 2. The van der Waals surface area contributed by atoms with Crippen molar-refractivity contribution in [3.8, 4) is 0 Å². The monoisotopic (exact) mass is 376 g/mol. The first-order valence-electron chi connectivity index (χ1n) is 6.23. The zero-order valence-electron chi connectivity index (χ0n) is 11.0. The molecule has 0 aliphatic carbocycles. The molecule has 0 saturated heterocycles. The fraction of sp³-hybridized carbons (Fsp3) is 0.429. The Morgan fingerprint density at radius 1 is 1.32 bits per heavy atom. The van der Waals surface area contributed by atoms with Crippen LogP contribution in [0.1, 0.15) is 53.8 Å². The Morgan fingerprint density at radius 2 is 2.00 bits per heavy atom. The van der Waals surface area contributed by atoms with Crippen LogP contribution in [0.15, 0.2) is 18.2 Å². The van der Waals surface area contributed by atoms with E-state index in [4.69, 9.17) is 9.84 Å². The fourth-order valence-electron chi connectivity index (χ4n) is 1.75. The molecule has 1 unspecified atom stereocenters. The van der Waals surface area contributed by atoms with Crippen molar-refractivity contribution in [2.45, 2.75) is 39.2 Å². The maximum atomic E-state index is 12.0. The number of hydrogen-bond donors (Lipinski definition) is 1. The molecule has 0 aliphatic rings. The summed E-state index contributed by atoms with van der Waals surface area (Å²) in [7, 11) is 0. The summed E-state index contributed by atoms with van der Waals surface area (Å²) in [6.07, 6.45) is 2.28. The number of carboxylic acids is 1. The van der Waals surface area contributed by atoms with Crippen molar-refractivity contribution in [1.82, 2.24) is 0 Å². The summed E-state index contributed by atoms with van der Waals surface area (Å²) in [6, 6.07) is 4.68. The van der Waals surface area contributed by atoms with E-state index in [1.54, 1.807) is 6.07 Å². The van der Waals surface area contributed by atoms with E-state index in [9.17, 15) is 9.59 Å². The minimum atomic E-state index is -1.12. The van der Waals surface area contributed by atoms with Gasteiger partial charge in [0.2, 0.25) is 0 Å². The van der Waals surface area contributed by atoms with Crippen LogP contribution in [0.4, 0.5) is 0 Å². The van der Waals surface area contributed by atoms with Gasteiger partial charge in [-0.3, -0.25) is 0 Å². The lowest BCUT2D eigenvalue weighted by Crippen LogP contribution is -2.19. The maximum Gasteiger partial charge on any atom is 0.339 e. The van der Waals surface area contributed by atoms with E-state index in [0.29, 0.717) is 0 Å². The van der Waals surface area contributed by atoms with E-state index in [0.717, 1.165) is 22.8 Å². The van der Waals surface area contributed by atoms with Crippen LogP contribution in [0.3, 0.4) is 0 Å². The van der Waals surface area contributed by atoms with Gasteiger partial charge in [-0.05, 0) is 53.6 Å². The van der Waals surface area contributed by atoms with Gasteiger partial charge in [0.05, 0.1) is 11.1 Å². The molecule has 1 aromatic carbocycles. The highest BCUT2D eigenvalue weighted by Gasteiger charge is 2.20. The third-order valence-electron chi connectivity index (χ3n) is 2.77. The van der Waals surface area contributed by atoms with Crippen molar-refractivity contribution in [1.29, 1.82) is 0 Å².